The fraction of sp³-hybridized carbons (Fsp3) is 0.609. The zero-order valence-electron chi connectivity index (χ0n) is 18.9. The van der Waals surface area contributed by atoms with Gasteiger partial charge < -0.3 is 15.5 Å². The summed E-state index contributed by atoms with van der Waals surface area (Å²) in [5, 5.41) is 7.96. The van der Waals surface area contributed by atoms with E-state index in [2.05, 4.69) is 54.5 Å². The lowest BCUT2D eigenvalue weighted by Crippen LogP contribution is -2.54. The number of hydrogen-bond donors (Lipinski definition) is 2. The van der Waals surface area contributed by atoms with Gasteiger partial charge in [-0.15, -0.1) is 0 Å². The number of halogens is 1. The third-order valence-corrected chi connectivity index (χ3v) is 6.61. The van der Waals surface area contributed by atoms with Crippen LogP contribution in [0.15, 0.2) is 18.2 Å². The number of carbonyl (C=O) groups excluding carboxylic acids is 1. The predicted molar refractivity (Wildman–Crippen MR) is 127 cm³/mol. The third-order valence-electron chi connectivity index (χ3n) is 6.42. The van der Waals surface area contributed by atoms with Crippen molar-refractivity contribution in [1.82, 2.24) is 19.7 Å². The van der Waals surface area contributed by atoms with Gasteiger partial charge in [0.1, 0.15) is 5.82 Å². The number of aromatic nitrogens is 2. The molecule has 0 radical (unpaired) electrons. The van der Waals surface area contributed by atoms with Gasteiger partial charge in [0.05, 0.1) is 5.52 Å². The molecule has 0 bridgehead atoms. The molecule has 2 aromatic rings. The smallest absolute Gasteiger partial charge is 0.238 e. The van der Waals surface area contributed by atoms with Gasteiger partial charge in [-0.2, -0.15) is 4.98 Å². The number of fused-ring (bicyclic) bond motifs is 1. The summed E-state index contributed by atoms with van der Waals surface area (Å²) in [4.78, 5) is 24.5. The third kappa shape index (κ3) is 4.88. The second kappa shape index (κ2) is 8.79. The van der Waals surface area contributed by atoms with Crippen LogP contribution in [0.2, 0.25) is 0 Å². The largest absolute Gasteiger partial charge is 0.366 e. The minimum absolute atomic E-state index is 0.0540. The normalized spacial score (nSPS) is 18.5. The van der Waals surface area contributed by atoms with Crippen LogP contribution in [0.3, 0.4) is 0 Å². The van der Waals surface area contributed by atoms with Crippen LogP contribution >= 0.6 is 11.8 Å². The fourth-order valence-electron chi connectivity index (χ4n) is 4.64. The Morgan fingerprint density at radius 1 is 1.35 bits per heavy atom. The number of carbonyl (C=O) groups is 1. The van der Waals surface area contributed by atoms with Gasteiger partial charge in [-0.1, -0.05) is 19.9 Å². The molecule has 1 atom stereocenters. The fourth-order valence-corrected chi connectivity index (χ4v) is 4.71. The quantitative estimate of drug-likeness (QED) is 0.636. The molecule has 2 aliphatic heterocycles. The van der Waals surface area contributed by atoms with Gasteiger partial charge in [-0.25, -0.2) is 4.98 Å². The Morgan fingerprint density at radius 3 is 2.74 bits per heavy atom. The lowest BCUT2D eigenvalue weighted by molar-refractivity contribution is -0.126. The molecular formula is C23H33ClN6O. The summed E-state index contributed by atoms with van der Waals surface area (Å²) in [7, 11) is 1.58. The van der Waals surface area contributed by atoms with Gasteiger partial charge in [0.25, 0.3) is 0 Å². The number of nitrogens with one attached hydrogen (secondary N) is 2. The van der Waals surface area contributed by atoms with Crippen molar-refractivity contribution in [1.29, 1.82) is 0 Å². The van der Waals surface area contributed by atoms with Gasteiger partial charge in [0, 0.05) is 68.3 Å². The van der Waals surface area contributed by atoms with E-state index in [0.717, 1.165) is 59.7 Å². The lowest BCUT2D eigenvalue weighted by Gasteiger charge is -2.39. The van der Waals surface area contributed by atoms with E-state index in [0.29, 0.717) is 17.8 Å². The van der Waals surface area contributed by atoms with Gasteiger partial charge in [0.2, 0.25) is 11.9 Å². The molecule has 0 unspecified atom stereocenters. The SMILES string of the molecule is Cc1ccc2c(N[C@H](CC(=O)N(C)Cl)CC(C)C)nc(N3CCC4(CNC4)C3)nc2c1. The lowest BCUT2D eigenvalue weighted by atomic mass is 9.81. The van der Waals surface area contributed by atoms with Crippen molar-refractivity contribution in [2.75, 3.05) is 43.4 Å². The summed E-state index contributed by atoms with van der Waals surface area (Å²) in [5.74, 6) is 1.90. The van der Waals surface area contributed by atoms with Crippen molar-refractivity contribution >= 4 is 40.4 Å². The van der Waals surface area contributed by atoms with Gasteiger partial charge >= 0.3 is 0 Å². The molecule has 0 aliphatic carbocycles. The standard InChI is InChI=1S/C23H33ClN6O/c1-15(2)9-17(11-20(31)29(4)24)26-21-18-6-5-16(3)10-19(18)27-22(28-21)30-8-7-23(14-30)12-25-13-23/h5-6,10,15,17,25H,7-9,11-14H2,1-4H3,(H,26,27,28)/t17-/m0/s1. The Balaban J connectivity index is 1.66. The van der Waals surface area contributed by atoms with E-state index in [4.69, 9.17) is 21.7 Å². The van der Waals surface area contributed by atoms with Crippen molar-refractivity contribution in [3.63, 3.8) is 0 Å². The number of anilines is 2. The zero-order valence-corrected chi connectivity index (χ0v) is 19.7. The molecule has 1 aromatic carbocycles. The van der Waals surface area contributed by atoms with Gasteiger partial charge in [0.15, 0.2) is 0 Å². The second-order valence-electron chi connectivity index (χ2n) is 9.71. The first-order valence-electron chi connectivity index (χ1n) is 11.2. The molecule has 2 fully saturated rings. The van der Waals surface area contributed by atoms with E-state index in [1.165, 1.54) is 12.0 Å². The predicted octanol–water partition coefficient (Wildman–Crippen LogP) is 3.57. The highest BCUT2D eigenvalue weighted by Gasteiger charge is 2.43. The molecule has 1 aromatic heterocycles. The van der Waals surface area contributed by atoms with E-state index in [1.807, 2.05) is 0 Å². The summed E-state index contributed by atoms with van der Waals surface area (Å²) in [6.07, 6.45) is 2.34. The highest BCUT2D eigenvalue weighted by molar-refractivity contribution is 6.21. The molecule has 0 saturated carbocycles. The Hall–Kier alpha value is -2.12. The highest BCUT2D eigenvalue weighted by Crippen LogP contribution is 2.36. The van der Waals surface area contributed by atoms with Gasteiger partial charge in [-0.05, 0) is 43.4 Å². The van der Waals surface area contributed by atoms with E-state index >= 15 is 0 Å². The summed E-state index contributed by atoms with van der Waals surface area (Å²) >= 11 is 5.90. The second-order valence-corrected chi connectivity index (χ2v) is 10.2. The maximum atomic E-state index is 12.3. The van der Waals surface area contributed by atoms with Crippen LogP contribution in [0.4, 0.5) is 11.8 Å². The molecule has 1 spiro atoms. The van der Waals surface area contributed by atoms with E-state index < -0.39 is 0 Å². The Bertz CT molecular complexity index is 958. The minimum Gasteiger partial charge on any atom is -0.366 e. The maximum absolute atomic E-state index is 12.3. The van der Waals surface area contributed by atoms with Crippen LogP contribution in [0, 0.1) is 18.3 Å². The van der Waals surface area contributed by atoms with Crippen molar-refractivity contribution < 1.29 is 4.79 Å². The highest BCUT2D eigenvalue weighted by atomic mass is 35.5. The van der Waals surface area contributed by atoms with Crippen molar-refractivity contribution in [2.45, 2.75) is 46.1 Å². The van der Waals surface area contributed by atoms with Crippen LogP contribution in [0.1, 0.15) is 38.7 Å². The first-order valence-corrected chi connectivity index (χ1v) is 11.5. The maximum Gasteiger partial charge on any atom is 0.238 e. The number of hydrogen-bond acceptors (Lipinski definition) is 6. The van der Waals surface area contributed by atoms with Crippen LogP contribution in [-0.2, 0) is 4.79 Å². The molecule has 1 amide bonds. The zero-order chi connectivity index (χ0) is 22.2. The molecule has 31 heavy (non-hydrogen) atoms. The molecule has 2 N–H and O–H groups in total. The van der Waals surface area contributed by atoms with E-state index in [-0.39, 0.29) is 11.9 Å². The van der Waals surface area contributed by atoms with E-state index in [9.17, 15) is 4.79 Å². The van der Waals surface area contributed by atoms with Gasteiger partial charge in [-0.3, -0.25) is 9.21 Å². The number of nitrogens with zero attached hydrogens (tertiary/aromatic N) is 4. The first kappa shape index (κ1) is 22.1. The average molecular weight is 445 g/mol. The number of rotatable bonds is 7. The Morgan fingerprint density at radius 2 is 2.13 bits per heavy atom. The number of amides is 1. The molecular weight excluding hydrogens is 412 g/mol. The molecule has 168 valence electrons. The first-order chi connectivity index (χ1) is 14.7. The van der Waals surface area contributed by atoms with Crippen LogP contribution in [0.25, 0.3) is 10.9 Å². The van der Waals surface area contributed by atoms with Crippen molar-refractivity contribution in [3.05, 3.63) is 23.8 Å². The van der Waals surface area contributed by atoms with Crippen molar-refractivity contribution in [3.8, 4) is 0 Å². The molecule has 4 rings (SSSR count). The number of benzene rings is 1. The molecule has 2 saturated heterocycles. The Labute approximate surface area is 189 Å². The van der Waals surface area contributed by atoms with Crippen LogP contribution in [-0.4, -0.2) is 59.6 Å². The molecule has 3 heterocycles. The molecule has 8 heteroatoms. The topological polar surface area (TPSA) is 73.4 Å². The van der Waals surface area contributed by atoms with Crippen LogP contribution in [0.5, 0.6) is 0 Å². The van der Waals surface area contributed by atoms with E-state index in [1.54, 1.807) is 7.05 Å². The van der Waals surface area contributed by atoms with Crippen LogP contribution < -0.4 is 15.5 Å². The van der Waals surface area contributed by atoms with Crippen molar-refractivity contribution in [2.24, 2.45) is 11.3 Å². The number of aryl methyl sites for hydroxylation is 1. The monoisotopic (exact) mass is 444 g/mol. The Kier molecular flexibility index (Phi) is 6.26. The summed E-state index contributed by atoms with van der Waals surface area (Å²) in [5.41, 5.74) is 2.47. The summed E-state index contributed by atoms with van der Waals surface area (Å²) < 4.78 is 1.14. The summed E-state index contributed by atoms with van der Waals surface area (Å²) in [6.45, 7) is 10.5. The minimum atomic E-state index is -0.104. The molecule has 2 aliphatic rings. The molecule has 7 nitrogen and oxygen atoms in total. The average Bonchev–Trinajstić information content (AvgIpc) is 3.13. The summed E-state index contributed by atoms with van der Waals surface area (Å²) in [6, 6.07) is 6.20.